The van der Waals surface area contributed by atoms with Crippen molar-refractivity contribution in [1.82, 2.24) is 9.80 Å². The zero-order valence-electron chi connectivity index (χ0n) is 16.2. The highest BCUT2D eigenvalue weighted by Gasteiger charge is 2.27. The van der Waals surface area contributed by atoms with Gasteiger partial charge in [0.1, 0.15) is 5.75 Å². The summed E-state index contributed by atoms with van der Waals surface area (Å²) < 4.78 is 5.46. The van der Waals surface area contributed by atoms with Crippen molar-refractivity contribution in [3.05, 3.63) is 64.7 Å². The van der Waals surface area contributed by atoms with Crippen LogP contribution in [0.5, 0.6) is 5.75 Å². The maximum atomic E-state index is 13.0. The summed E-state index contributed by atoms with van der Waals surface area (Å²) in [6.45, 7) is 6.12. The van der Waals surface area contributed by atoms with E-state index in [4.69, 9.17) is 4.74 Å². The molecule has 0 atom stereocenters. The first-order chi connectivity index (χ1) is 13.0. The first-order valence-electron chi connectivity index (χ1n) is 9.26. The number of carbonyl (C=O) groups excluding carboxylic acids is 2. The van der Waals surface area contributed by atoms with Gasteiger partial charge in [0.05, 0.1) is 19.1 Å². The molecule has 1 fully saturated rings. The average Bonchev–Trinajstić information content (AvgIpc) is 2.68. The van der Waals surface area contributed by atoms with Crippen molar-refractivity contribution >= 4 is 11.8 Å². The van der Waals surface area contributed by atoms with Crippen LogP contribution in [0.25, 0.3) is 0 Å². The van der Waals surface area contributed by atoms with Gasteiger partial charge in [-0.1, -0.05) is 36.4 Å². The van der Waals surface area contributed by atoms with Gasteiger partial charge in [-0.3, -0.25) is 9.59 Å². The van der Waals surface area contributed by atoms with Gasteiger partial charge in [0.15, 0.2) is 0 Å². The van der Waals surface area contributed by atoms with E-state index in [0.717, 1.165) is 16.7 Å². The molecule has 0 aliphatic carbocycles. The molecule has 1 saturated heterocycles. The second kappa shape index (κ2) is 8.25. The third-order valence-corrected chi connectivity index (χ3v) is 4.97. The molecule has 5 heteroatoms. The molecular weight excluding hydrogens is 340 g/mol. The third kappa shape index (κ3) is 4.30. The van der Waals surface area contributed by atoms with Crippen molar-refractivity contribution in [2.75, 3.05) is 33.3 Å². The van der Waals surface area contributed by atoms with E-state index in [1.54, 1.807) is 7.11 Å². The predicted octanol–water partition coefficient (Wildman–Crippen LogP) is 2.84. The van der Waals surface area contributed by atoms with E-state index < -0.39 is 0 Å². The van der Waals surface area contributed by atoms with Crippen molar-refractivity contribution in [2.45, 2.75) is 20.3 Å². The molecule has 2 aromatic carbocycles. The summed E-state index contributed by atoms with van der Waals surface area (Å²) in [7, 11) is 1.59. The Bertz CT molecular complexity index is 825. The maximum absolute atomic E-state index is 13.0. The Hall–Kier alpha value is -2.82. The highest BCUT2D eigenvalue weighted by Crippen LogP contribution is 2.26. The molecule has 2 aromatic rings. The van der Waals surface area contributed by atoms with E-state index in [1.165, 1.54) is 0 Å². The first kappa shape index (κ1) is 19.0. The molecule has 1 aliphatic rings. The molecule has 5 nitrogen and oxygen atoms in total. The van der Waals surface area contributed by atoms with Crippen LogP contribution in [0.4, 0.5) is 0 Å². The van der Waals surface area contributed by atoms with E-state index in [1.807, 2.05) is 66.1 Å². The van der Waals surface area contributed by atoms with Gasteiger partial charge in [-0.25, -0.2) is 0 Å². The van der Waals surface area contributed by atoms with Gasteiger partial charge in [0.25, 0.3) is 5.91 Å². The third-order valence-electron chi connectivity index (χ3n) is 4.97. The summed E-state index contributed by atoms with van der Waals surface area (Å²) in [6.07, 6.45) is 0.402. The van der Waals surface area contributed by atoms with Gasteiger partial charge < -0.3 is 14.5 Å². The monoisotopic (exact) mass is 366 g/mol. The molecular formula is C22H26N2O3. The lowest BCUT2D eigenvalue weighted by Crippen LogP contribution is -2.51. The number of nitrogens with zero attached hydrogens (tertiary/aromatic N) is 2. The molecule has 27 heavy (non-hydrogen) atoms. The van der Waals surface area contributed by atoms with Crippen LogP contribution in [0.2, 0.25) is 0 Å². The van der Waals surface area contributed by atoms with Crippen LogP contribution < -0.4 is 4.74 Å². The van der Waals surface area contributed by atoms with E-state index >= 15 is 0 Å². The fraction of sp³-hybridized carbons (Fsp3) is 0.364. The second-order valence-corrected chi connectivity index (χ2v) is 7.00. The molecule has 0 unspecified atom stereocenters. The summed E-state index contributed by atoms with van der Waals surface area (Å²) >= 11 is 0. The molecule has 0 saturated carbocycles. The summed E-state index contributed by atoms with van der Waals surface area (Å²) in [5.41, 5.74) is 3.60. The summed E-state index contributed by atoms with van der Waals surface area (Å²) in [6, 6.07) is 13.6. The number of amides is 2. The fourth-order valence-corrected chi connectivity index (χ4v) is 3.60. The maximum Gasteiger partial charge on any atom is 0.257 e. The topological polar surface area (TPSA) is 49.9 Å². The average molecular weight is 366 g/mol. The van der Waals surface area contributed by atoms with Crippen LogP contribution in [0, 0.1) is 13.8 Å². The molecule has 3 rings (SSSR count). The Morgan fingerprint density at radius 1 is 0.963 bits per heavy atom. The molecule has 0 aromatic heterocycles. The van der Waals surface area contributed by atoms with E-state index in [-0.39, 0.29) is 11.8 Å². The van der Waals surface area contributed by atoms with Crippen molar-refractivity contribution in [3.8, 4) is 5.75 Å². The van der Waals surface area contributed by atoms with Crippen molar-refractivity contribution in [2.24, 2.45) is 0 Å². The quantitative estimate of drug-likeness (QED) is 0.836. The molecule has 142 valence electrons. The number of methoxy groups -OCH3 is 1. The highest BCUT2D eigenvalue weighted by atomic mass is 16.5. The lowest BCUT2D eigenvalue weighted by atomic mass is 10.0. The number of carbonyl (C=O) groups is 2. The highest BCUT2D eigenvalue weighted by molar-refractivity contribution is 5.97. The van der Waals surface area contributed by atoms with E-state index in [2.05, 4.69) is 0 Å². The standard InChI is InChI=1S/C22H26N2O3/c1-16-13-17(2)21(27-3)19(14-16)22(26)24-11-9-23(10-12-24)20(25)15-18-7-5-4-6-8-18/h4-8,13-14H,9-12,15H2,1-3H3. The number of hydrogen-bond acceptors (Lipinski definition) is 3. The number of rotatable bonds is 4. The second-order valence-electron chi connectivity index (χ2n) is 7.00. The lowest BCUT2D eigenvalue weighted by Gasteiger charge is -2.35. The smallest absolute Gasteiger partial charge is 0.257 e. The number of hydrogen-bond donors (Lipinski definition) is 0. The van der Waals surface area contributed by atoms with Gasteiger partial charge in [-0.15, -0.1) is 0 Å². The molecule has 0 bridgehead atoms. The van der Waals surface area contributed by atoms with E-state index in [9.17, 15) is 9.59 Å². The largest absolute Gasteiger partial charge is 0.496 e. The summed E-state index contributed by atoms with van der Waals surface area (Å²) in [4.78, 5) is 29.2. The minimum Gasteiger partial charge on any atom is -0.496 e. The van der Waals surface area contributed by atoms with Crippen molar-refractivity contribution in [3.63, 3.8) is 0 Å². The molecule has 2 amide bonds. The molecule has 0 spiro atoms. The molecule has 1 heterocycles. The summed E-state index contributed by atoms with van der Waals surface area (Å²) in [5, 5.41) is 0. The van der Waals surface area contributed by atoms with Crippen molar-refractivity contribution < 1.29 is 14.3 Å². The van der Waals surface area contributed by atoms with Crippen LogP contribution >= 0.6 is 0 Å². The Kier molecular flexibility index (Phi) is 5.79. The fourth-order valence-electron chi connectivity index (χ4n) is 3.60. The number of piperazine rings is 1. The van der Waals surface area contributed by atoms with Crippen LogP contribution in [0.3, 0.4) is 0 Å². The Balaban J connectivity index is 1.64. The van der Waals surface area contributed by atoms with Gasteiger partial charge >= 0.3 is 0 Å². The normalized spacial score (nSPS) is 14.2. The van der Waals surface area contributed by atoms with Crippen LogP contribution in [0.1, 0.15) is 27.0 Å². The lowest BCUT2D eigenvalue weighted by molar-refractivity contribution is -0.131. The number of benzene rings is 2. The van der Waals surface area contributed by atoms with Crippen LogP contribution in [-0.4, -0.2) is 54.9 Å². The van der Waals surface area contributed by atoms with Crippen molar-refractivity contribution in [1.29, 1.82) is 0 Å². The number of ether oxygens (including phenoxy) is 1. The molecule has 0 radical (unpaired) electrons. The Labute approximate surface area is 160 Å². The Morgan fingerprint density at radius 2 is 1.59 bits per heavy atom. The number of aryl methyl sites for hydroxylation is 2. The van der Waals surface area contributed by atoms with Crippen LogP contribution in [-0.2, 0) is 11.2 Å². The van der Waals surface area contributed by atoms with Gasteiger partial charge in [-0.2, -0.15) is 0 Å². The zero-order valence-corrected chi connectivity index (χ0v) is 16.2. The van der Waals surface area contributed by atoms with Gasteiger partial charge in [0, 0.05) is 26.2 Å². The van der Waals surface area contributed by atoms with E-state index in [0.29, 0.717) is 43.9 Å². The first-order valence-corrected chi connectivity index (χ1v) is 9.26. The predicted molar refractivity (Wildman–Crippen MR) is 105 cm³/mol. The van der Waals surface area contributed by atoms with Gasteiger partial charge in [0.2, 0.25) is 5.91 Å². The minimum atomic E-state index is -0.0335. The van der Waals surface area contributed by atoms with Crippen LogP contribution in [0.15, 0.2) is 42.5 Å². The SMILES string of the molecule is COc1c(C)cc(C)cc1C(=O)N1CCN(C(=O)Cc2ccccc2)CC1. The summed E-state index contributed by atoms with van der Waals surface area (Å²) in [5.74, 6) is 0.708. The van der Waals surface area contributed by atoms with Gasteiger partial charge in [-0.05, 0) is 36.6 Å². The minimum absolute atomic E-state index is 0.0335. The molecule has 1 aliphatic heterocycles. The zero-order chi connectivity index (χ0) is 19.4. The Morgan fingerprint density at radius 3 is 2.22 bits per heavy atom. The molecule has 0 N–H and O–H groups in total.